The van der Waals surface area contributed by atoms with E-state index in [0.717, 1.165) is 25.7 Å². The van der Waals surface area contributed by atoms with E-state index in [1.807, 2.05) is 0 Å². The zero-order valence-electron chi connectivity index (χ0n) is 28.0. The van der Waals surface area contributed by atoms with E-state index in [9.17, 15) is 25.9 Å². The van der Waals surface area contributed by atoms with E-state index in [2.05, 4.69) is 22.2 Å². The van der Waals surface area contributed by atoms with Gasteiger partial charge in [-0.25, -0.2) is 16.8 Å². The van der Waals surface area contributed by atoms with Crippen molar-refractivity contribution in [3.05, 3.63) is 0 Å². The summed E-state index contributed by atoms with van der Waals surface area (Å²) in [5.74, 6) is 0. The number of hydrogen-bond donors (Lipinski definition) is 0. The molecule has 0 heterocycles. The van der Waals surface area contributed by atoms with Crippen LogP contribution in [-0.2, 0) is 29.2 Å². The van der Waals surface area contributed by atoms with Gasteiger partial charge in [0.1, 0.15) is 0 Å². The maximum absolute atomic E-state index is 10.2. The molecule has 0 aliphatic carbocycles. The Morgan fingerprint density at radius 3 is 0.674 bits per heavy atom. The molecule has 0 atom stereocenters. The Balaban J connectivity index is -0.000000727. The summed E-state index contributed by atoms with van der Waals surface area (Å²) in [6, 6.07) is 0. The van der Waals surface area contributed by atoms with Crippen molar-refractivity contribution in [2.45, 2.75) is 194 Å². The Morgan fingerprint density at radius 1 is 0.349 bits per heavy atom. The molecule has 0 radical (unpaired) electrons. The van der Waals surface area contributed by atoms with E-state index < -0.39 is 20.8 Å². The van der Waals surface area contributed by atoms with Crippen molar-refractivity contribution in [2.75, 3.05) is 13.2 Å². The van der Waals surface area contributed by atoms with Gasteiger partial charge in [0.2, 0.25) is 20.8 Å². The molecule has 0 fully saturated rings. The third-order valence-corrected chi connectivity index (χ3v) is 8.36. The Hall–Kier alpha value is 1.000. The van der Waals surface area contributed by atoms with Crippen molar-refractivity contribution in [1.29, 1.82) is 0 Å². The van der Waals surface area contributed by atoms with Crippen LogP contribution in [-0.4, -0.2) is 76.9 Å². The number of rotatable bonds is 32. The fourth-order valence-electron chi connectivity index (χ4n) is 4.92. The van der Waals surface area contributed by atoms with Crippen molar-refractivity contribution in [2.24, 2.45) is 0 Å². The maximum atomic E-state index is 10.2. The molecule has 0 saturated carbocycles. The zero-order valence-corrected chi connectivity index (χ0v) is 31.8. The molecule has 11 heteroatoms. The normalized spacial score (nSPS) is 11.6. The molecule has 256 valence electrons. The van der Waals surface area contributed by atoms with Crippen LogP contribution in [0.25, 0.3) is 0 Å². The Bertz CT molecular complexity index is 672. The van der Waals surface area contributed by atoms with Gasteiger partial charge in [0.25, 0.3) is 0 Å². The summed E-state index contributed by atoms with van der Waals surface area (Å²) in [6.45, 7) is 4.56. The van der Waals surface area contributed by atoms with Crippen LogP contribution in [0.1, 0.15) is 194 Å². The van der Waals surface area contributed by atoms with Crippen LogP contribution in [0.4, 0.5) is 0 Å². The van der Waals surface area contributed by atoms with E-state index in [4.69, 9.17) is 0 Å². The standard InChI is InChI=1S/2C16H34O4S.Ca/c2*1-2-3-4-5-6-7-8-9-10-11-12-13-14-15-16-20-21(17,18)19;/h2*2-16H2,1H3,(H,17,18,19);/q;;+2/p-2. The molecule has 43 heavy (non-hydrogen) atoms. The first-order valence-corrected chi connectivity index (χ1v) is 20.0. The molecular formula is C32H66CaO8S2. The van der Waals surface area contributed by atoms with Crippen LogP contribution in [0.5, 0.6) is 0 Å². The predicted octanol–water partition coefficient (Wildman–Crippen LogP) is 9.51. The van der Waals surface area contributed by atoms with Gasteiger partial charge in [-0.05, 0) is 12.8 Å². The topological polar surface area (TPSA) is 133 Å². The third kappa shape index (κ3) is 52.8. The molecule has 0 amide bonds. The van der Waals surface area contributed by atoms with Crippen molar-refractivity contribution >= 4 is 58.5 Å². The molecule has 0 unspecified atom stereocenters. The van der Waals surface area contributed by atoms with E-state index in [-0.39, 0.29) is 51.0 Å². The van der Waals surface area contributed by atoms with Gasteiger partial charge in [-0.2, -0.15) is 0 Å². The molecule has 0 aromatic carbocycles. The first kappa shape index (κ1) is 48.4. The summed E-state index contributed by atoms with van der Waals surface area (Å²) < 4.78 is 69.4. The fraction of sp³-hybridized carbons (Fsp3) is 1.00. The van der Waals surface area contributed by atoms with E-state index in [1.54, 1.807) is 0 Å². The molecule has 0 aliphatic rings. The minimum absolute atomic E-state index is 0. The number of unbranched alkanes of at least 4 members (excludes halogenated alkanes) is 26. The first-order chi connectivity index (χ1) is 20.1. The van der Waals surface area contributed by atoms with Crippen LogP contribution in [0.15, 0.2) is 0 Å². The quantitative estimate of drug-likeness (QED) is 0.0296. The van der Waals surface area contributed by atoms with Gasteiger partial charge in [-0.1, -0.05) is 181 Å². The SMILES string of the molecule is CCCCCCCCCCCCCCCCOS(=O)(=O)[O-].CCCCCCCCCCCCCCCCOS(=O)(=O)[O-].[Ca+2]. The summed E-state index contributed by atoms with van der Waals surface area (Å²) in [6.07, 6.45) is 34.8. The predicted molar refractivity (Wildman–Crippen MR) is 178 cm³/mol. The maximum Gasteiger partial charge on any atom is 2.00 e. The molecule has 0 rings (SSSR count). The Morgan fingerprint density at radius 2 is 0.512 bits per heavy atom. The smallest absolute Gasteiger partial charge is 0.726 e. The Labute approximate surface area is 297 Å². The monoisotopic (exact) mass is 682 g/mol. The van der Waals surface area contributed by atoms with Gasteiger partial charge in [0, 0.05) is 0 Å². The Kier molecular flexibility index (Phi) is 42.2. The molecule has 0 aromatic rings. The molecule has 0 N–H and O–H groups in total. The van der Waals surface area contributed by atoms with Gasteiger partial charge in [-0.3, -0.25) is 8.37 Å². The molecule has 0 bridgehead atoms. The van der Waals surface area contributed by atoms with Crippen molar-refractivity contribution < 1.29 is 34.3 Å². The second kappa shape index (κ2) is 37.5. The second-order valence-corrected chi connectivity index (χ2v) is 13.8. The van der Waals surface area contributed by atoms with E-state index in [1.165, 1.54) is 141 Å². The van der Waals surface area contributed by atoms with Gasteiger partial charge < -0.3 is 9.11 Å². The zero-order chi connectivity index (χ0) is 31.6. The van der Waals surface area contributed by atoms with Gasteiger partial charge in [0.05, 0.1) is 13.2 Å². The van der Waals surface area contributed by atoms with Gasteiger partial charge >= 0.3 is 37.7 Å². The molecule has 0 aromatic heterocycles. The van der Waals surface area contributed by atoms with Crippen LogP contribution in [0.2, 0.25) is 0 Å². The molecule has 0 spiro atoms. The summed E-state index contributed by atoms with van der Waals surface area (Å²) in [5.41, 5.74) is 0. The fourth-order valence-corrected chi connectivity index (χ4v) is 5.56. The van der Waals surface area contributed by atoms with Crippen LogP contribution in [0, 0.1) is 0 Å². The molecular weight excluding hydrogens is 617 g/mol. The van der Waals surface area contributed by atoms with E-state index in [0.29, 0.717) is 12.8 Å². The summed E-state index contributed by atoms with van der Waals surface area (Å²) in [4.78, 5) is 0. The second-order valence-electron chi connectivity index (χ2n) is 11.7. The first-order valence-electron chi connectivity index (χ1n) is 17.3. The molecule has 0 aliphatic heterocycles. The average Bonchev–Trinajstić information content (AvgIpc) is 2.92. The molecule has 0 saturated heterocycles. The minimum atomic E-state index is -4.49. The van der Waals surface area contributed by atoms with Crippen molar-refractivity contribution in [3.8, 4) is 0 Å². The number of hydrogen-bond acceptors (Lipinski definition) is 8. The van der Waals surface area contributed by atoms with Gasteiger partial charge in [0.15, 0.2) is 0 Å². The van der Waals surface area contributed by atoms with E-state index >= 15 is 0 Å². The van der Waals surface area contributed by atoms with Crippen LogP contribution >= 0.6 is 0 Å². The van der Waals surface area contributed by atoms with Gasteiger partial charge in [-0.15, -0.1) is 0 Å². The summed E-state index contributed by atoms with van der Waals surface area (Å²) in [7, 11) is -8.98. The third-order valence-electron chi connectivity index (χ3n) is 7.45. The average molecular weight is 683 g/mol. The van der Waals surface area contributed by atoms with Crippen LogP contribution in [0.3, 0.4) is 0 Å². The minimum Gasteiger partial charge on any atom is -0.726 e. The van der Waals surface area contributed by atoms with Crippen LogP contribution < -0.4 is 0 Å². The van der Waals surface area contributed by atoms with Crippen molar-refractivity contribution in [1.82, 2.24) is 0 Å². The largest absolute Gasteiger partial charge is 2.00 e. The summed E-state index contributed by atoms with van der Waals surface area (Å²) >= 11 is 0. The summed E-state index contributed by atoms with van der Waals surface area (Å²) in [5, 5.41) is 0. The molecule has 8 nitrogen and oxygen atoms in total. The van der Waals surface area contributed by atoms with Crippen molar-refractivity contribution in [3.63, 3.8) is 0 Å².